The number of carbonyl (C=O) groups excluding carboxylic acids is 1. The van der Waals surface area contributed by atoms with Crippen molar-refractivity contribution in [2.45, 2.75) is 37.8 Å². The molecule has 0 aliphatic heterocycles. The van der Waals surface area contributed by atoms with Crippen molar-refractivity contribution in [3.63, 3.8) is 0 Å². The van der Waals surface area contributed by atoms with Gasteiger partial charge in [-0.2, -0.15) is 26.3 Å². The van der Waals surface area contributed by atoms with Crippen molar-refractivity contribution in [2.24, 2.45) is 0 Å². The Balaban J connectivity index is 1.20. The molecule has 0 radical (unpaired) electrons. The molecule has 236 valence electrons. The van der Waals surface area contributed by atoms with E-state index in [1.807, 2.05) is 41.3 Å². The van der Waals surface area contributed by atoms with Gasteiger partial charge in [0.1, 0.15) is 0 Å². The largest absolute Gasteiger partial charge is 0.380 e. The minimum atomic E-state index is -5.52. The van der Waals surface area contributed by atoms with E-state index in [0.29, 0.717) is 34.7 Å². The number of allylic oxidation sites excluding steroid dienone is 2. The number of thiophene rings is 1. The zero-order chi connectivity index (χ0) is 32.7. The summed E-state index contributed by atoms with van der Waals surface area (Å²) in [5, 5.41) is 3.84. The topological polar surface area (TPSA) is 58.1 Å². The summed E-state index contributed by atoms with van der Waals surface area (Å²) < 4.78 is 84.2. The fourth-order valence-corrected chi connectivity index (χ4v) is 6.44. The number of rotatable bonds is 9. The molecule has 0 unspecified atom stereocenters. The maximum Gasteiger partial charge on any atom is 0.380 e. The monoisotopic (exact) mass is 652 g/mol. The number of fused-ring (bicyclic) bond motifs is 1. The van der Waals surface area contributed by atoms with Gasteiger partial charge >= 0.3 is 17.8 Å². The van der Waals surface area contributed by atoms with Gasteiger partial charge in [0, 0.05) is 52.3 Å². The minimum absolute atomic E-state index is 0.0353. The number of anilines is 1. The molecule has 5 aromatic rings. The number of nitrogens with zero attached hydrogens (tertiary/aromatic N) is 3. The number of benzene rings is 2. The Morgan fingerprint density at radius 3 is 2.30 bits per heavy atom. The van der Waals surface area contributed by atoms with Crippen LogP contribution in [0.1, 0.15) is 21.7 Å². The minimum Gasteiger partial charge on any atom is -0.323 e. The summed E-state index contributed by atoms with van der Waals surface area (Å²) in [5.41, 5.74) is 1.75. The molecule has 0 saturated carbocycles. The van der Waals surface area contributed by atoms with Gasteiger partial charge in [0.25, 0.3) is 0 Å². The lowest BCUT2D eigenvalue weighted by Gasteiger charge is -2.25. The number of pyridine rings is 2. The first-order valence-corrected chi connectivity index (χ1v) is 15.0. The zero-order valence-corrected chi connectivity index (χ0v) is 25.1. The van der Waals surface area contributed by atoms with Gasteiger partial charge in [-0.15, -0.1) is 11.3 Å². The van der Waals surface area contributed by atoms with Crippen molar-refractivity contribution in [2.75, 3.05) is 11.9 Å². The van der Waals surface area contributed by atoms with Crippen LogP contribution in [0.4, 0.5) is 32.0 Å². The van der Waals surface area contributed by atoms with E-state index >= 15 is 0 Å². The molecule has 1 N–H and O–H groups in total. The summed E-state index contributed by atoms with van der Waals surface area (Å²) in [6.45, 7) is 2.19. The third-order valence-corrected chi connectivity index (χ3v) is 8.81. The summed E-state index contributed by atoms with van der Waals surface area (Å²) in [5.74, 6) is -15.8. The number of halogens is 6. The van der Waals surface area contributed by atoms with E-state index in [9.17, 15) is 31.1 Å². The van der Waals surface area contributed by atoms with E-state index in [2.05, 4.69) is 15.3 Å². The molecule has 0 saturated heterocycles. The number of aromatic nitrogens is 2. The van der Waals surface area contributed by atoms with Gasteiger partial charge in [-0.05, 0) is 53.9 Å². The first kappa shape index (κ1) is 31.4. The summed E-state index contributed by atoms with van der Waals surface area (Å²) in [4.78, 5) is 24.6. The van der Waals surface area contributed by atoms with Gasteiger partial charge in [0.2, 0.25) is 5.91 Å². The number of hydrogen-bond donors (Lipinski definition) is 1. The Morgan fingerprint density at radius 1 is 0.870 bits per heavy atom. The van der Waals surface area contributed by atoms with E-state index in [0.717, 1.165) is 28.0 Å². The molecule has 1 amide bonds. The van der Waals surface area contributed by atoms with Crippen molar-refractivity contribution in [1.82, 2.24) is 14.9 Å². The van der Waals surface area contributed by atoms with Crippen molar-refractivity contribution < 1.29 is 31.1 Å². The smallest absolute Gasteiger partial charge is 0.323 e. The maximum atomic E-state index is 14.4. The summed E-state index contributed by atoms with van der Waals surface area (Å²) >= 11 is 1.05. The Bertz CT molecular complexity index is 1920. The molecule has 0 fully saturated rings. The second-order valence-corrected chi connectivity index (χ2v) is 12.3. The number of hydrogen-bond acceptors (Lipinski definition) is 5. The highest BCUT2D eigenvalue weighted by Gasteiger charge is 2.76. The van der Waals surface area contributed by atoms with Crippen LogP contribution >= 0.6 is 11.3 Å². The SMILES string of the molecule is Cc1sc(-c2ccc(CN(CC(=O)Nc3cccc4cccnc34)Cc3ccccn3)cc2)cc1C1=CC(F)(F)C(F)(F)C1(F)F. The van der Waals surface area contributed by atoms with Crippen molar-refractivity contribution in [3.05, 3.63) is 119 Å². The molecule has 12 heteroatoms. The van der Waals surface area contributed by atoms with Gasteiger partial charge in [-0.1, -0.05) is 48.5 Å². The lowest BCUT2D eigenvalue weighted by Crippen LogP contribution is -2.48. The lowest BCUT2D eigenvalue weighted by atomic mass is 10.0. The molecule has 0 atom stereocenters. The molecule has 1 aliphatic rings. The number of nitrogens with one attached hydrogen (secondary N) is 1. The predicted octanol–water partition coefficient (Wildman–Crippen LogP) is 8.61. The average Bonchev–Trinajstić information content (AvgIpc) is 3.46. The molecule has 3 aromatic heterocycles. The first-order chi connectivity index (χ1) is 21.9. The van der Waals surface area contributed by atoms with Crippen molar-refractivity contribution in [3.8, 4) is 10.4 Å². The van der Waals surface area contributed by atoms with Gasteiger partial charge in [0.05, 0.1) is 23.4 Å². The second-order valence-electron chi connectivity index (χ2n) is 11.0. The van der Waals surface area contributed by atoms with Crippen LogP contribution in [0.3, 0.4) is 0 Å². The van der Waals surface area contributed by atoms with Crippen LogP contribution in [-0.2, 0) is 17.9 Å². The van der Waals surface area contributed by atoms with Crippen LogP contribution < -0.4 is 5.32 Å². The average molecular weight is 653 g/mol. The highest BCUT2D eigenvalue weighted by molar-refractivity contribution is 7.15. The lowest BCUT2D eigenvalue weighted by molar-refractivity contribution is -0.257. The normalized spacial score (nSPS) is 16.5. The van der Waals surface area contributed by atoms with Crippen molar-refractivity contribution >= 4 is 39.4 Å². The second kappa shape index (κ2) is 12.0. The zero-order valence-electron chi connectivity index (χ0n) is 24.3. The summed E-state index contributed by atoms with van der Waals surface area (Å²) in [6, 6.07) is 23.1. The molecule has 0 bridgehead atoms. The van der Waals surface area contributed by atoms with Gasteiger partial charge in [0.15, 0.2) is 0 Å². The molecule has 6 rings (SSSR count). The van der Waals surface area contributed by atoms with Gasteiger partial charge in [-0.25, -0.2) is 0 Å². The maximum absolute atomic E-state index is 14.4. The Hall–Kier alpha value is -4.55. The molecule has 0 spiro atoms. The van der Waals surface area contributed by atoms with E-state index in [4.69, 9.17) is 0 Å². The molecule has 3 heterocycles. The Labute approximate surface area is 264 Å². The van der Waals surface area contributed by atoms with Gasteiger partial charge < -0.3 is 5.32 Å². The number of aryl methyl sites for hydroxylation is 1. The Morgan fingerprint density at radius 2 is 1.61 bits per heavy atom. The third kappa shape index (κ3) is 5.90. The summed E-state index contributed by atoms with van der Waals surface area (Å²) in [7, 11) is 0. The quantitative estimate of drug-likeness (QED) is 0.162. The molecule has 2 aromatic carbocycles. The van der Waals surface area contributed by atoms with Crippen LogP contribution in [0, 0.1) is 6.92 Å². The number of amides is 1. The van der Waals surface area contributed by atoms with Crippen molar-refractivity contribution in [1.29, 1.82) is 0 Å². The molecule has 5 nitrogen and oxygen atoms in total. The number of alkyl halides is 6. The third-order valence-electron chi connectivity index (χ3n) is 7.72. The number of carbonyl (C=O) groups is 1. The predicted molar refractivity (Wildman–Crippen MR) is 166 cm³/mol. The van der Waals surface area contributed by atoms with Crippen LogP contribution in [0.2, 0.25) is 0 Å². The van der Waals surface area contributed by atoms with E-state index in [1.165, 1.54) is 13.0 Å². The molecule has 1 aliphatic carbocycles. The standard InChI is InChI=1S/C34H26F6N4OS/c1-21-26(27-17-32(35,36)34(39,40)33(27,37)38)16-29(46-21)23-12-10-22(11-13-23)18-44(19-25-8-2-3-14-41-25)20-30(45)43-28-9-4-6-24-7-5-15-42-31(24)28/h2-17H,18-20H2,1H3,(H,43,45). The highest BCUT2D eigenvalue weighted by atomic mass is 32.1. The van der Waals surface area contributed by atoms with E-state index < -0.39 is 23.3 Å². The fraction of sp³-hybridized carbons (Fsp3) is 0.206. The van der Waals surface area contributed by atoms with Crippen LogP contribution in [-0.4, -0.2) is 45.1 Å². The Kier molecular flexibility index (Phi) is 8.20. The molecular weight excluding hydrogens is 626 g/mol. The van der Waals surface area contributed by atoms with Gasteiger partial charge in [-0.3, -0.25) is 19.7 Å². The first-order valence-electron chi connectivity index (χ1n) is 14.2. The van der Waals surface area contributed by atoms with Crippen LogP contribution in [0.25, 0.3) is 26.9 Å². The molecular formula is C34H26F6N4OS. The van der Waals surface area contributed by atoms with E-state index in [1.54, 1.807) is 48.8 Å². The van der Waals surface area contributed by atoms with E-state index in [-0.39, 0.29) is 29.0 Å². The highest BCUT2D eigenvalue weighted by Crippen LogP contribution is 2.59. The van der Waals surface area contributed by atoms with Crippen LogP contribution in [0.15, 0.2) is 97.3 Å². The van der Waals surface area contributed by atoms with Crippen LogP contribution in [0.5, 0.6) is 0 Å². The number of para-hydroxylation sites is 1. The summed E-state index contributed by atoms with van der Waals surface area (Å²) in [6.07, 6.45) is 3.00. The fourth-order valence-electron chi connectivity index (χ4n) is 5.40. The molecule has 46 heavy (non-hydrogen) atoms.